The minimum atomic E-state index is -0.804. The topological polar surface area (TPSA) is 86.6 Å². The highest BCUT2D eigenvalue weighted by Crippen LogP contribution is 2.48. The van der Waals surface area contributed by atoms with Crippen LogP contribution in [0.3, 0.4) is 0 Å². The number of hydrogen-bond donors (Lipinski definition) is 1. The van der Waals surface area contributed by atoms with Crippen molar-refractivity contribution in [3.8, 4) is 0 Å². The van der Waals surface area contributed by atoms with Crippen LogP contribution >= 0.6 is 0 Å². The molecule has 3 rings (SSSR count). The average Bonchev–Trinajstić information content (AvgIpc) is 3.06. The van der Waals surface area contributed by atoms with Gasteiger partial charge in [0.2, 0.25) is 5.91 Å². The fourth-order valence-corrected chi connectivity index (χ4v) is 4.26. The Hall–Kier alpha value is -2.02. The molecule has 136 valence electrons. The Bertz CT molecular complexity index is 664. The Labute approximate surface area is 148 Å². The normalized spacial score (nSPS) is 28.4. The smallest absolute Gasteiger partial charge is 0.251 e. The van der Waals surface area contributed by atoms with Gasteiger partial charge in [0, 0.05) is 24.9 Å². The van der Waals surface area contributed by atoms with E-state index < -0.39 is 17.7 Å². The highest BCUT2D eigenvalue weighted by Gasteiger charge is 2.66. The Morgan fingerprint density at radius 2 is 1.96 bits per heavy atom. The molecule has 2 amide bonds. The van der Waals surface area contributed by atoms with E-state index in [9.17, 15) is 14.7 Å². The maximum absolute atomic E-state index is 13.2. The highest BCUT2D eigenvalue weighted by molar-refractivity contribution is 5.99. The monoisotopic (exact) mass is 346 g/mol. The van der Waals surface area contributed by atoms with Gasteiger partial charge in [0.1, 0.15) is 11.6 Å². The molecule has 0 aromatic carbocycles. The summed E-state index contributed by atoms with van der Waals surface area (Å²) in [4.78, 5) is 37.7. The maximum Gasteiger partial charge on any atom is 0.251 e. The molecule has 0 saturated carbocycles. The summed E-state index contributed by atoms with van der Waals surface area (Å²) in [5.74, 6) is 0.188. The number of carbonyl (C=O) groups is 2. The first-order valence-corrected chi connectivity index (χ1v) is 8.91. The summed E-state index contributed by atoms with van der Waals surface area (Å²) in [5, 5.41) is 10.3. The molecule has 1 N–H and O–H groups in total. The lowest BCUT2D eigenvalue weighted by Crippen LogP contribution is -2.79. The number of β-lactam (4-membered cyclic amide) rings is 1. The van der Waals surface area contributed by atoms with Crippen molar-refractivity contribution in [1.82, 2.24) is 19.8 Å². The molecule has 7 heteroatoms. The van der Waals surface area contributed by atoms with Crippen LogP contribution in [0.4, 0.5) is 0 Å². The van der Waals surface area contributed by atoms with E-state index in [1.54, 1.807) is 35.2 Å². The molecule has 2 aliphatic heterocycles. The minimum absolute atomic E-state index is 0.0157. The summed E-state index contributed by atoms with van der Waals surface area (Å²) in [6.07, 6.45) is 3.90. The molecule has 0 aliphatic carbocycles. The van der Waals surface area contributed by atoms with Crippen LogP contribution in [0.1, 0.15) is 52.4 Å². The van der Waals surface area contributed by atoms with Crippen molar-refractivity contribution >= 4 is 11.8 Å². The van der Waals surface area contributed by atoms with Gasteiger partial charge in [-0.2, -0.15) is 0 Å². The van der Waals surface area contributed by atoms with E-state index in [1.165, 1.54) is 0 Å². The SMILES string of the molecule is CC(C)C(=O)N1CCCC12C(=O)N(C(c1ncccn1)C(C)O)C2C. The van der Waals surface area contributed by atoms with Crippen LogP contribution in [0, 0.1) is 5.92 Å². The third kappa shape index (κ3) is 2.52. The standard InChI is InChI=1S/C18H26N4O3/c1-11(2)16(24)21-10-5-7-18(21)13(4)22(17(18)25)14(12(3)23)15-19-8-6-9-20-15/h6,8-9,11-14,23H,5,7,10H2,1-4H3. The van der Waals surface area contributed by atoms with Crippen molar-refractivity contribution in [3.63, 3.8) is 0 Å². The Morgan fingerprint density at radius 1 is 1.32 bits per heavy atom. The molecule has 2 aliphatic rings. The van der Waals surface area contributed by atoms with Gasteiger partial charge in [0.15, 0.2) is 5.82 Å². The predicted octanol–water partition coefficient (Wildman–Crippen LogP) is 1.15. The van der Waals surface area contributed by atoms with E-state index in [-0.39, 0.29) is 23.8 Å². The molecule has 1 aromatic heterocycles. The molecule has 1 spiro atoms. The lowest BCUT2D eigenvalue weighted by atomic mass is 9.75. The van der Waals surface area contributed by atoms with E-state index >= 15 is 0 Å². The van der Waals surface area contributed by atoms with Gasteiger partial charge in [0.05, 0.1) is 12.1 Å². The fraction of sp³-hybridized carbons (Fsp3) is 0.667. The van der Waals surface area contributed by atoms with Crippen LogP contribution in [0.25, 0.3) is 0 Å². The van der Waals surface area contributed by atoms with Crippen LogP contribution in [0.5, 0.6) is 0 Å². The first-order chi connectivity index (χ1) is 11.8. The van der Waals surface area contributed by atoms with Gasteiger partial charge in [-0.25, -0.2) is 9.97 Å². The van der Waals surface area contributed by atoms with Crippen LogP contribution in [-0.2, 0) is 9.59 Å². The molecule has 0 radical (unpaired) electrons. The third-order valence-corrected chi connectivity index (χ3v) is 5.50. The molecule has 4 atom stereocenters. The van der Waals surface area contributed by atoms with Crippen molar-refractivity contribution in [2.24, 2.45) is 5.92 Å². The summed E-state index contributed by atoms with van der Waals surface area (Å²) < 4.78 is 0. The summed E-state index contributed by atoms with van der Waals surface area (Å²) in [5.41, 5.74) is -0.775. The lowest BCUT2D eigenvalue weighted by Gasteiger charge is -2.59. The molecular formula is C18H26N4O3. The zero-order valence-electron chi connectivity index (χ0n) is 15.2. The second-order valence-electron chi connectivity index (χ2n) is 7.35. The highest BCUT2D eigenvalue weighted by atomic mass is 16.3. The Balaban J connectivity index is 1.92. The van der Waals surface area contributed by atoms with Crippen molar-refractivity contribution in [1.29, 1.82) is 0 Å². The molecule has 3 heterocycles. The van der Waals surface area contributed by atoms with Crippen LogP contribution in [-0.4, -0.2) is 60.9 Å². The number of aliphatic hydroxyl groups excluding tert-OH is 1. The van der Waals surface area contributed by atoms with Gasteiger partial charge >= 0.3 is 0 Å². The summed E-state index contributed by atoms with van der Waals surface area (Å²) in [6, 6.07) is 0.908. The zero-order chi connectivity index (χ0) is 18.4. The summed E-state index contributed by atoms with van der Waals surface area (Å²) in [6.45, 7) is 7.91. The molecule has 1 aromatic rings. The molecule has 25 heavy (non-hydrogen) atoms. The van der Waals surface area contributed by atoms with Gasteiger partial charge in [-0.3, -0.25) is 9.59 Å². The lowest BCUT2D eigenvalue weighted by molar-refractivity contribution is -0.187. The van der Waals surface area contributed by atoms with Gasteiger partial charge in [-0.05, 0) is 32.8 Å². The van der Waals surface area contributed by atoms with E-state index in [0.717, 1.165) is 6.42 Å². The molecule has 2 fully saturated rings. The molecule has 4 unspecified atom stereocenters. The first-order valence-electron chi connectivity index (χ1n) is 8.91. The molecule has 2 saturated heterocycles. The van der Waals surface area contributed by atoms with Crippen molar-refractivity contribution in [2.45, 2.75) is 64.3 Å². The summed E-state index contributed by atoms with van der Waals surface area (Å²) in [7, 11) is 0. The Kier molecular flexibility index (Phi) is 4.53. The van der Waals surface area contributed by atoms with Crippen molar-refractivity contribution < 1.29 is 14.7 Å². The number of nitrogens with zero attached hydrogens (tertiary/aromatic N) is 4. The largest absolute Gasteiger partial charge is 0.391 e. The maximum atomic E-state index is 13.2. The Morgan fingerprint density at radius 3 is 2.48 bits per heavy atom. The number of aromatic nitrogens is 2. The van der Waals surface area contributed by atoms with Gasteiger partial charge in [-0.1, -0.05) is 13.8 Å². The number of rotatable bonds is 4. The quantitative estimate of drug-likeness (QED) is 0.827. The van der Waals surface area contributed by atoms with E-state index in [4.69, 9.17) is 0 Å². The second-order valence-corrected chi connectivity index (χ2v) is 7.35. The molecule has 0 bridgehead atoms. The van der Waals surface area contributed by atoms with Gasteiger partial charge < -0.3 is 14.9 Å². The predicted molar refractivity (Wildman–Crippen MR) is 91.3 cm³/mol. The van der Waals surface area contributed by atoms with Crippen LogP contribution in [0.2, 0.25) is 0 Å². The zero-order valence-corrected chi connectivity index (χ0v) is 15.2. The number of aliphatic hydroxyl groups is 1. The van der Waals surface area contributed by atoms with E-state index in [0.29, 0.717) is 18.8 Å². The third-order valence-electron chi connectivity index (χ3n) is 5.50. The number of hydrogen-bond acceptors (Lipinski definition) is 5. The van der Waals surface area contributed by atoms with Gasteiger partial charge in [-0.15, -0.1) is 0 Å². The molecule has 7 nitrogen and oxygen atoms in total. The average molecular weight is 346 g/mol. The first kappa shape index (κ1) is 17.8. The van der Waals surface area contributed by atoms with Crippen LogP contribution in [0.15, 0.2) is 18.5 Å². The summed E-state index contributed by atoms with van der Waals surface area (Å²) >= 11 is 0. The van der Waals surface area contributed by atoms with Gasteiger partial charge in [0.25, 0.3) is 5.91 Å². The number of carbonyl (C=O) groups excluding carboxylic acids is 2. The number of likely N-dealkylation sites (tertiary alicyclic amines) is 2. The minimum Gasteiger partial charge on any atom is -0.391 e. The van der Waals surface area contributed by atoms with Crippen molar-refractivity contribution in [2.75, 3.05) is 6.54 Å². The molecular weight excluding hydrogens is 320 g/mol. The number of amides is 2. The van der Waals surface area contributed by atoms with Crippen molar-refractivity contribution in [3.05, 3.63) is 24.3 Å². The second kappa shape index (κ2) is 6.37. The van der Waals surface area contributed by atoms with E-state index in [2.05, 4.69) is 9.97 Å². The van der Waals surface area contributed by atoms with E-state index in [1.807, 2.05) is 20.8 Å². The van der Waals surface area contributed by atoms with Crippen LogP contribution < -0.4 is 0 Å². The fourth-order valence-electron chi connectivity index (χ4n) is 4.26.